The molecular formula is C16H20O4. The zero-order chi connectivity index (χ0) is 14.6. The summed E-state index contributed by atoms with van der Waals surface area (Å²) in [6.07, 6.45) is 4.66. The van der Waals surface area contributed by atoms with E-state index in [4.69, 9.17) is 9.47 Å². The van der Waals surface area contributed by atoms with Crippen molar-refractivity contribution in [3.63, 3.8) is 0 Å². The Bertz CT molecular complexity index is 425. The van der Waals surface area contributed by atoms with Crippen molar-refractivity contribution in [1.82, 2.24) is 0 Å². The van der Waals surface area contributed by atoms with Gasteiger partial charge in [0.1, 0.15) is 0 Å². The van der Waals surface area contributed by atoms with Crippen LogP contribution in [0.4, 0.5) is 0 Å². The van der Waals surface area contributed by atoms with E-state index in [1.807, 2.05) is 6.07 Å². The monoisotopic (exact) mass is 276 g/mol. The first kappa shape index (κ1) is 16.0. The fourth-order valence-corrected chi connectivity index (χ4v) is 1.61. The Morgan fingerprint density at radius 3 is 2.15 bits per heavy atom. The summed E-state index contributed by atoms with van der Waals surface area (Å²) in [7, 11) is 0. The molecule has 0 N–H and O–H groups in total. The molecule has 0 bridgehead atoms. The van der Waals surface area contributed by atoms with E-state index >= 15 is 0 Å². The van der Waals surface area contributed by atoms with E-state index in [9.17, 15) is 9.59 Å². The van der Waals surface area contributed by atoms with Crippen LogP contribution < -0.4 is 0 Å². The molecule has 108 valence electrons. The van der Waals surface area contributed by atoms with Gasteiger partial charge in [0.2, 0.25) is 0 Å². The van der Waals surface area contributed by atoms with Crippen LogP contribution in [0.1, 0.15) is 36.0 Å². The molecule has 0 saturated heterocycles. The van der Waals surface area contributed by atoms with Crippen molar-refractivity contribution >= 4 is 11.9 Å². The van der Waals surface area contributed by atoms with Crippen LogP contribution in [0, 0.1) is 0 Å². The summed E-state index contributed by atoms with van der Waals surface area (Å²) in [6, 6.07) is 8.94. The molecule has 0 spiro atoms. The Labute approximate surface area is 119 Å². The smallest absolute Gasteiger partial charge is 0.338 e. The van der Waals surface area contributed by atoms with E-state index < -0.39 is 0 Å². The Kier molecular flexibility index (Phi) is 7.80. The summed E-state index contributed by atoms with van der Waals surface area (Å²) in [5.74, 6) is -0.674. The largest absolute Gasteiger partial charge is 0.463 e. The molecule has 20 heavy (non-hydrogen) atoms. The number of rotatable bonds is 9. The lowest BCUT2D eigenvalue weighted by Gasteiger charge is -2.05. The van der Waals surface area contributed by atoms with Gasteiger partial charge in [0.25, 0.3) is 0 Å². The van der Waals surface area contributed by atoms with Crippen LogP contribution in [0.15, 0.2) is 43.0 Å². The van der Waals surface area contributed by atoms with E-state index in [1.54, 1.807) is 24.3 Å². The summed E-state index contributed by atoms with van der Waals surface area (Å²) in [6.45, 7) is 4.15. The second kappa shape index (κ2) is 9.78. The summed E-state index contributed by atoms with van der Waals surface area (Å²) in [5.41, 5.74) is 0.573. The van der Waals surface area contributed by atoms with Gasteiger partial charge in [-0.2, -0.15) is 0 Å². The topological polar surface area (TPSA) is 52.6 Å². The zero-order valence-corrected chi connectivity index (χ0v) is 11.5. The van der Waals surface area contributed by atoms with E-state index in [2.05, 4.69) is 6.58 Å². The molecule has 0 atom stereocenters. The molecule has 1 aromatic carbocycles. The summed E-state index contributed by atoms with van der Waals surface area (Å²) in [5, 5.41) is 0. The fourth-order valence-electron chi connectivity index (χ4n) is 1.61. The highest BCUT2D eigenvalue weighted by Gasteiger charge is 2.04. The van der Waals surface area contributed by atoms with Crippen LogP contribution in [0.5, 0.6) is 0 Å². The van der Waals surface area contributed by atoms with Gasteiger partial charge in [-0.05, 0) is 37.8 Å². The number of carbonyl (C=O) groups excluding carboxylic acids is 2. The third-order valence-corrected chi connectivity index (χ3v) is 2.69. The zero-order valence-electron chi connectivity index (χ0n) is 11.5. The highest BCUT2D eigenvalue weighted by Crippen LogP contribution is 2.04. The average molecular weight is 276 g/mol. The highest BCUT2D eigenvalue weighted by molar-refractivity contribution is 5.89. The maximum absolute atomic E-state index is 11.6. The molecular weight excluding hydrogens is 256 g/mol. The average Bonchev–Trinajstić information content (AvgIpc) is 2.50. The second-order valence-corrected chi connectivity index (χ2v) is 4.29. The van der Waals surface area contributed by atoms with Gasteiger partial charge in [0.05, 0.1) is 18.8 Å². The van der Waals surface area contributed by atoms with Gasteiger partial charge in [-0.15, -0.1) is 0 Å². The first-order chi connectivity index (χ1) is 9.74. The van der Waals surface area contributed by atoms with Crippen molar-refractivity contribution in [3.05, 3.63) is 48.6 Å². The molecule has 0 heterocycles. The standard InChI is InChI=1S/C16H20O4/c1-2-15(17)19-12-8-3-4-9-13-20-16(18)14-10-6-5-7-11-14/h2,5-7,10-11H,1,3-4,8-9,12-13H2. The van der Waals surface area contributed by atoms with Crippen molar-refractivity contribution in [2.24, 2.45) is 0 Å². The van der Waals surface area contributed by atoms with Gasteiger partial charge >= 0.3 is 11.9 Å². The minimum Gasteiger partial charge on any atom is -0.463 e. The lowest BCUT2D eigenvalue weighted by molar-refractivity contribution is -0.137. The molecule has 0 amide bonds. The lowest BCUT2D eigenvalue weighted by atomic mass is 10.2. The molecule has 0 unspecified atom stereocenters. The highest BCUT2D eigenvalue weighted by atomic mass is 16.5. The minimum atomic E-state index is -0.387. The van der Waals surface area contributed by atoms with Gasteiger partial charge in [0.15, 0.2) is 0 Å². The first-order valence-corrected chi connectivity index (χ1v) is 6.75. The number of unbranched alkanes of at least 4 members (excludes halogenated alkanes) is 3. The number of carbonyl (C=O) groups is 2. The molecule has 4 heteroatoms. The van der Waals surface area contributed by atoms with Gasteiger partial charge in [-0.1, -0.05) is 24.8 Å². The minimum absolute atomic E-state index is 0.287. The normalized spacial score (nSPS) is 9.80. The predicted octanol–water partition coefficient (Wildman–Crippen LogP) is 3.13. The Hall–Kier alpha value is -2.10. The van der Waals surface area contributed by atoms with Crippen molar-refractivity contribution in [1.29, 1.82) is 0 Å². The Morgan fingerprint density at radius 2 is 1.55 bits per heavy atom. The molecule has 0 fully saturated rings. The van der Waals surface area contributed by atoms with Crippen LogP contribution in [0.3, 0.4) is 0 Å². The predicted molar refractivity (Wildman–Crippen MR) is 76.3 cm³/mol. The molecule has 0 radical (unpaired) electrons. The number of hydrogen-bond acceptors (Lipinski definition) is 4. The van der Waals surface area contributed by atoms with Crippen molar-refractivity contribution in [2.45, 2.75) is 25.7 Å². The van der Waals surface area contributed by atoms with Gasteiger partial charge in [-0.25, -0.2) is 9.59 Å². The van der Waals surface area contributed by atoms with Gasteiger partial charge in [0, 0.05) is 6.08 Å². The van der Waals surface area contributed by atoms with E-state index in [-0.39, 0.29) is 11.9 Å². The molecule has 1 aromatic rings. The van der Waals surface area contributed by atoms with Crippen LogP contribution in [0.2, 0.25) is 0 Å². The quantitative estimate of drug-likeness (QED) is 0.395. The molecule has 0 aliphatic heterocycles. The maximum atomic E-state index is 11.6. The molecule has 1 rings (SSSR count). The van der Waals surface area contributed by atoms with E-state index in [0.717, 1.165) is 31.8 Å². The first-order valence-electron chi connectivity index (χ1n) is 6.75. The number of esters is 2. The SMILES string of the molecule is C=CC(=O)OCCCCCCOC(=O)c1ccccc1. The second-order valence-electron chi connectivity index (χ2n) is 4.29. The lowest BCUT2D eigenvalue weighted by Crippen LogP contribution is -2.06. The van der Waals surface area contributed by atoms with Gasteiger partial charge in [-0.3, -0.25) is 0 Å². The maximum Gasteiger partial charge on any atom is 0.338 e. The number of hydrogen-bond donors (Lipinski definition) is 0. The summed E-state index contributed by atoms with van der Waals surface area (Å²) < 4.78 is 10.0. The third kappa shape index (κ3) is 6.73. The van der Waals surface area contributed by atoms with Crippen LogP contribution in [-0.2, 0) is 14.3 Å². The molecule has 0 aliphatic rings. The number of ether oxygens (including phenoxy) is 2. The van der Waals surface area contributed by atoms with Crippen LogP contribution in [-0.4, -0.2) is 25.2 Å². The van der Waals surface area contributed by atoms with Crippen molar-refractivity contribution in [2.75, 3.05) is 13.2 Å². The third-order valence-electron chi connectivity index (χ3n) is 2.69. The van der Waals surface area contributed by atoms with Crippen LogP contribution in [0.25, 0.3) is 0 Å². The molecule has 4 nitrogen and oxygen atoms in total. The van der Waals surface area contributed by atoms with E-state index in [0.29, 0.717) is 18.8 Å². The van der Waals surface area contributed by atoms with Crippen molar-refractivity contribution < 1.29 is 19.1 Å². The molecule has 0 saturated carbocycles. The summed E-state index contributed by atoms with van der Waals surface area (Å²) >= 11 is 0. The number of benzene rings is 1. The Balaban J connectivity index is 1.98. The molecule has 0 aromatic heterocycles. The summed E-state index contributed by atoms with van der Waals surface area (Å²) in [4.78, 5) is 22.4. The van der Waals surface area contributed by atoms with E-state index in [1.165, 1.54) is 0 Å². The van der Waals surface area contributed by atoms with Crippen molar-refractivity contribution in [3.8, 4) is 0 Å². The van der Waals surface area contributed by atoms with Crippen LogP contribution >= 0.6 is 0 Å². The molecule has 0 aliphatic carbocycles. The van der Waals surface area contributed by atoms with Gasteiger partial charge < -0.3 is 9.47 Å². The Morgan fingerprint density at radius 1 is 0.950 bits per heavy atom. The fraction of sp³-hybridized carbons (Fsp3) is 0.375.